The molecule has 0 saturated carbocycles. The Morgan fingerprint density at radius 2 is 1.95 bits per heavy atom. The Labute approximate surface area is 119 Å². The standard InChI is InChI=1S/C16H18ClNO/c1-3-12-6-4-5-11(2)16(12)18-10-13-9-14(17)7-8-15(13)19/h4-9,18-19H,3,10H2,1-2H3. The molecule has 0 aliphatic carbocycles. The van der Waals surface area contributed by atoms with E-state index in [1.54, 1.807) is 18.2 Å². The number of halogens is 1. The van der Waals surface area contributed by atoms with Crippen molar-refractivity contribution in [1.29, 1.82) is 0 Å². The predicted molar refractivity (Wildman–Crippen MR) is 81.0 cm³/mol. The summed E-state index contributed by atoms with van der Waals surface area (Å²) in [5, 5.41) is 13.8. The highest BCUT2D eigenvalue weighted by Gasteiger charge is 2.06. The monoisotopic (exact) mass is 275 g/mol. The second-order valence-corrected chi connectivity index (χ2v) is 5.03. The molecule has 2 nitrogen and oxygen atoms in total. The molecule has 3 heteroatoms. The molecule has 2 N–H and O–H groups in total. The molecule has 0 aromatic heterocycles. The number of aromatic hydroxyl groups is 1. The van der Waals surface area contributed by atoms with Gasteiger partial charge in [-0.3, -0.25) is 0 Å². The minimum absolute atomic E-state index is 0.267. The molecule has 0 amide bonds. The highest BCUT2D eigenvalue weighted by molar-refractivity contribution is 6.30. The molecular formula is C16H18ClNO. The van der Waals surface area contributed by atoms with E-state index in [2.05, 4.69) is 37.4 Å². The molecule has 0 fully saturated rings. The second-order valence-electron chi connectivity index (χ2n) is 4.59. The van der Waals surface area contributed by atoms with Crippen molar-refractivity contribution in [1.82, 2.24) is 0 Å². The number of nitrogens with one attached hydrogen (secondary N) is 1. The van der Waals surface area contributed by atoms with Crippen LogP contribution in [-0.2, 0) is 13.0 Å². The van der Waals surface area contributed by atoms with Crippen LogP contribution >= 0.6 is 11.6 Å². The summed E-state index contributed by atoms with van der Waals surface area (Å²) in [5.41, 5.74) is 4.43. The fraction of sp³-hybridized carbons (Fsp3) is 0.250. The molecule has 0 unspecified atom stereocenters. The fourth-order valence-electron chi connectivity index (χ4n) is 2.16. The number of para-hydroxylation sites is 1. The zero-order valence-corrected chi connectivity index (χ0v) is 12.0. The van der Waals surface area contributed by atoms with E-state index in [0.717, 1.165) is 17.7 Å². The Morgan fingerprint density at radius 1 is 1.16 bits per heavy atom. The van der Waals surface area contributed by atoms with Gasteiger partial charge in [-0.2, -0.15) is 0 Å². The van der Waals surface area contributed by atoms with Crippen LogP contribution in [0.1, 0.15) is 23.6 Å². The number of rotatable bonds is 4. The third-order valence-corrected chi connectivity index (χ3v) is 3.47. The number of anilines is 1. The number of hydrogen-bond donors (Lipinski definition) is 2. The van der Waals surface area contributed by atoms with Crippen LogP contribution in [0.4, 0.5) is 5.69 Å². The van der Waals surface area contributed by atoms with E-state index >= 15 is 0 Å². The maximum absolute atomic E-state index is 9.81. The zero-order valence-electron chi connectivity index (χ0n) is 11.2. The van der Waals surface area contributed by atoms with Gasteiger partial charge in [0.25, 0.3) is 0 Å². The fourth-order valence-corrected chi connectivity index (χ4v) is 2.35. The van der Waals surface area contributed by atoms with Crippen molar-refractivity contribution in [2.45, 2.75) is 26.8 Å². The van der Waals surface area contributed by atoms with E-state index in [1.807, 2.05) is 0 Å². The van der Waals surface area contributed by atoms with Crippen LogP contribution in [0.15, 0.2) is 36.4 Å². The van der Waals surface area contributed by atoms with Crippen molar-refractivity contribution in [2.24, 2.45) is 0 Å². The summed E-state index contributed by atoms with van der Waals surface area (Å²) in [4.78, 5) is 0. The van der Waals surface area contributed by atoms with Crippen LogP contribution in [-0.4, -0.2) is 5.11 Å². The van der Waals surface area contributed by atoms with E-state index in [9.17, 15) is 5.11 Å². The van der Waals surface area contributed by atoms with Gasteiger partial charge in [0.15, 0.2) is 0 Å². The quantitative estimate of drug-likeness (QED) is 0.859. The molecule has 19 heavy (non-hydrogen) atoms. The lowest BCUT2D eigenvalue weighted by Crippen LogP contribution is -2.04. The van der Waals surface area contributed by atoms with Gasteiger partial charge in [0.05, 0.1) is 0 Å². The average molecular weight is 276 g/mol. The van der Waals surface area contributed by atoms with E-state index in [-0.39, 0.29) is 5.75 Å². The summed E-state index contributed by atoms with van der Waals surface area (Å²) < 4.78 is 0. The Hall–Kier alpha value is -1.67. The minimum atomic E-state index is 0.267. The Balaban J connectivity index is 2.21. The minimum Gasteiger partial charge on any atom is -0.508 e. The molecule has 2 aromatic rings. The third kappa shape index (κ3) is 3.21. The normalized spacial score (nSPS) is 10.5. The van der Waals surface area contributed by atoms with E-state index in [0.29, 0.717) is 11.6 Å². The summed E-state index contributed by atoms with van der Waals surface area (Å²) in [6.07, 6.45) is 0.978. The van der Waals surface area contributed by atoms with Gasteiger partial charge in [-0.25, -0.2) is 0 Å². The molecular weight excluding hydrogens is 258 g/mol. The molecule has 0 spiro atoms. The molecule has 0 bridgehead atoms. The molecule has 2 rings (SSSR count). The number of aryl methyl sites for hydroxylation is 2. The highest BCUT2D eigenvalue weighted by Crippen LogP contribution is 2.25. The van der Waals surface area contributed by atoms with Crippen LogP contribution < -0.4 is 5.32 Å². The molecule has 0 aliphatic heterocycles. The van der Waals surface area contributed by atoms with Crippen LogP contribution in [0, 0.1) is 6.92 Å². The van der Waals surface area contributed by atoms with Crippen molar-refractivity contribution in [3.8, 4) is 5.75 Å². The van der Waals surface area contributed by atoms with Crippen LogP contribution in [0.25, 0.3) is 0 Å². The number of hydrogen-bond acceptors (Lipinski definition) is 2. The first-order chi connectivity index (χ1) is 9.11. The third-order valence-electron chi connectivity index (χ3n) is 3.24. The van der Waals surface area contributed by atoms with Crippen molar-refractivity contribution >= 4 is 17.3 Å². The Morgan fingerprint density at radius 3 is 2.68 bits per heavy atom. The zero-order chi connectivity index (χ0) is 13.8. The van der Waals surface area contributed by atoms with Gasteiger partial charge >= 0.3 is 0 Å². The number of benzene rings is 2. The maximum Gasteiger partial charge on any atom is 0.120 e. The molecule has 100 valence electrons. The van der Waals surface area contributed by atoms with Crippen molar-refractivity contribution < 1.29 is 5.11 Å². The van der Waals surface area contributed by atoms with E-state index < -0.39 is 0 Å². The maximum atomic E-state index is 9.81. The second kappa shape index (κ2) is 5.98. The number of phenols is 1. The topological polar surface area (TPSA) is 32.3 Å². The smallest absolute Gasteiger partial charge is 0.120 e. The van der Waals surface area contributed by atoms with Gasteiger partial charge in [-0.05, 0) is 42.7 Å². The van der Waals surface area contributed by atoms with E-state index in [4.69, 9.17) is 11.6 Å². The van der Waals surface area contributed by atoms with Gasteiger partial charge in [-0.1, -0.05) is 36.7 Å². The van der Waals surface area contributed by atoms with Crippen molar-refractivity contribution in [2.75, 3.05) is 5.32 Å². The van der Waals surface area contributed by atoms with Crippen LogP contribution in [0.2, 0.25) is 5.02 Å². The first kappa shape index (κ1) is 13.8. The molecule has 0 radical (unpaired) electrons. The average Bonchev–Trinajstić information content (AvgIpc) is 2.40. The van der Waals surface area contributed by atoms with E-state index in [1.165, 1.54) is 11.1 Å². The first-order valence-electron chi connectivity index (χ1n) is 6.41. The number of phenolic OH excluding ortho intramolecular Hbond substituents is 1. The summed E-state index contributed by atoms with van der Waals surface area (Å²) in [7, 11) is 0. The summed E-state index contributed by atoms with van der Waals surface area (Å²) in [6, 6.07) is 11.4. The van der Waals surface area contributed by atoms with Gasteiger partial charge in [0.2, 0.25) is 0 Å². The van der Waals surface area contributed by atoms with Crippen LogP contribution in [0.3, 0.4) is 0 Å². The van der Waals surface area contributed by atoms with Gasteiger partial charge in [0.1, 0.15) is 5.75 Å². The van der Waals surface area contributed by atoms with Crippen molar-refractivity contribution in [3.63, 3.8) is 0 Å². The lowest BCUT2D eigenvalue weighted by atomic mass is 10.1. The Kier molecular flexibility index (Phi) is 4.33. The molecule has 0 aliphatic rings. The molecule has 0 heterocycles. The lowest BCUT2D eigenvalue weighted by Gasteiger charge is -2.14. The first-order valence-corrected chi connectivity index (χ1v) is 6.79. The SMILES string of the molecule is CCc1cccc(C)c1NCc1cc(Cl)ccc1O. The highest BCUT2D eigenvalue weighted by atomic mass is 35.5. The lowest BCUT2D eigenvalue weighted by molar-refractivity contribution is 0.469. The molecule has 2 aromatic carbocycles. The van der Waals surface area contributed by atoms with Gasteiger partial charge in [-0.15, -0.1) is 0 Å². The molecule has 0 saturated heterocycles. The summed E-state index contributed by atoms with van der Waals surface area (Å²) in [6.45, 7) is 4.78. The molecule has 0 atom stereocenters. The largest absolute Gasteiger partial charge is 0.508 e. The van der Waals surface area contributed by atoms with Gasteiger partial charge in [0, 0.05) is 22.8 Å². The van der Waals surface area contributed by atoms with Crippen LogP contribution in [0.5, 0.6) is 5.75 Å². The predicted octanol–water partition coefficient (Wildman–Crippen LogP) is 4.53. The van der Waals surface area contributed by atoms with Gasteiger partial charge < -0.3 is 10.4 Å². The Bertz CT molecular complexity index is 581. The van der Waals surface area contributed by atoms with Crippen molar-refractivity contribution in [3.05, 3.63) is 58.1 Å². The summed E-state index contributed by atoms with van der Waals surface area (Å²) >= 11 is 5.95. The summed E-state index contributed by atoms with van der Waals surface area (Å²) in [5.74, 6) is 0.267.